The normalized spacial score (nSPS) is 13.2. The Bertz CT molecular complexity index is 7510. The summed E-state index contributed by atoms with van der Waals surface area (Å²) in [5.41, 5.74) is 40.4. The Morgan fingerprint density at radius 1 is 0.254 bits per heavy atom. The summed E-state index contributed by atoms with van der Waals surface area (Å²) in [5.74, 6) is 1.61. The molecule has 0 unspecified atom stereocenters. The molecule has 25 rings (SSSR count). The van der Waals surface area contributed by atoms with Gasteiger partial charge in [0.25, 0.3) is 20.1 Å². The van der Waals surface area contributed by atoms with E-state index >= 15 is 0 Å². The standard InChI is InChI=1S/C112H81B3N8OS2/c1-69-55-71(3)107(72(4)56-69)122-94-67-92-88(114-104-93(116-92)59-83(117(75-35-15-7-16-36-75)76-37-17-8-18-38-76)60-96(104)120(81-47-27-13-28-48-81)109-86-51-31-33-53-102(86)125-111(109)114)65-89(94)113-91-66-90-95(68-100(91)124-101-64-85(63-99(122)106(101)113)119(79-43-23-11-24-44-79)80-45-25-12-26-46-80)123(108-73(5)57-70(2)58-74(108)6)98-62-84(118(77-39-19-9-20-40-77)78-41-21-10-22-42-78)61-97-105(98)115(90)112-110(87-52-32-34-54-103(87)126-112)121(97)82-49-29-14-30-50-82/h7-68,116H,1-6H3. The lowest BCUT2D eigenvalue weighted by atomic mass is 9.30. The van der Waals surface area contributed by atoms with E-state index in [1.54, 1.807) is 0 Å². The summed E-state index contributed by atoms with van der Waals surface area (Å²) in [6.45, 7) is 12.8. The Morgan fingerprint density at radius 2 is 0.595 bits per heavy atom. The number of fused-ring (bicyclic) bond motifs is 16. The molecule has 1 N–H and O–H groups in total. The zero-order valence-electron chi connectivity index (χ0n) is 70.4. The third kappa shape index (κ3) is 11.3. The molecular formula is C112H81B3N8OS2. The van der Waals surface area contributed by atoms with E-state index < -0.39 is 6.71 Å². The minimum Gasteiger partial charge on any atom is -0.458 e. The van der Waals surface area contributed by atoms with Crippen molar-refractivity contribution in [2.24, 2.45) is 0 Å². The third-order valence-electron chi connectivity index (χ3n) is 26.5. The summed E-state index contributed by atoms with van der Waals surface area (Å²) in [5, 5.41) is 6.84. The molecule has 8 heterocycles. The molecule has 0 aliphatic carbocycles. The fraction of sp³-hybridized carbons (Fsp3) is 0.0536. The fourth-order valence-electron chi connectivity index (χ4n) is 21.8. The van der Waals surface area contributed by atoms with Gasteiger partial charge in [-0.1, -0.05) is 230 Å². The molecule has 2 aromatic heterocycles. The number of para-hydroxylation sites is 8. The summed E-state index contributed by atoms with van der Waals surface area (Å²) >= 11 is 3.87. The van der Waals surface area contributed by atoms with Crippen LogP contribution in [0.25, 0.3) is 20.2 Å². The molecule has 9 nitrogen and oxygen atoms in total. The number of benzene rings is 17. The van der Waals surface area contributed by atoms with Gasteiger partial charge < -0.3 is 44.4 Å². The van der Waals surface area contributed by atoms with Gasteiger partial charge in [-0.15, -0.1) is 22.7 Å². The van der Waals surface area contributed by atoms with Crippen molar-refractivity contribution < 1.29 is 4.74 Å². The molecule has 0 atom stereocenters. The molecule has 0 radical (unpaired) electrons. The van der Waals surface area contributed by atoms with E-state index in [0.717, 1.165) is 142 Å². The Labute approximate surface area is 743 Å². The van der Waals surface area contributed by atoms with Crippen molar-refractivity contribution in [3.63, 3.8) is 0 Å². The first-order valence-corrected chi connectivity index (χ1v) is 45.2. The highest BCUT2D eigenvalue weighted by Gasteiger charge is 2.52. The Kier molecular flexibility index (Phi) is 16.9. The van der Waals surface area contributed by atoms with E-state index in [2.05, 4.69) is 457 Å². The summed E-state index contributed by atoms with van der Waals surface area (Å²) in [4.78, 5) is 17.7. The van der Waals surface area contributed by atoms with Crippen LogP contribution in [-0.4, -0.2) is 20.1 Å². The van der Waals surface area contributed by atoms with Crippen molar-refractivity contribution in [3.8, 4) is 11.5 Å². The van der Waals surface area contributed by atoms with Gasteiger partial charge in [0.2, 0.25) is 0 Å². The van der Waals surface area contributed by atoms with Crippen molar-refractivity contribution in [1.82, 2.24) is 0 Å². The Balaban J connectivity index is 0.805. The number of aryl methyl sites for hydroxylation is 6. The zero-order chi connectivity index (χ0) is 83.8. The van der Waals surface area contributed by atoms with Crippen LogP contribution < -0.4 is 92.1 Å². The molecule has 14 heteroatoms. The van der Waals surface area contributed by atoms with E-state index in [0.29, 0.717) is 0 Å². The van der Waals surface area contributed by atoms with Crippen molar-refractivity contribution in [3.05, 3.63) is 409 Å². The number of anilines is 23. The molecule has 596 valence electrons. The predicted molar refractivity (Wildman–Crippen MR) is 539 cm³/mol. The lowest BCUT2D eigenvalue weighted by Gasteiger charge is -2.46. The number of hydrogen-bond acceptors (Lipinski definition) is 11. The van der Waals surface area contributed by atoms with Gasteiger partial charge in [0, 0.05) is 133 Å². The average Bonchev–Trinajstić information content (AvgIpc) is 1.24. The van der Waals surface area contributed by atoms with Crippen molar-refractivity contribution >= 4 is 242 Å². The third-order valence-corrected chi connectivity index (χ3v) is 29.0. The quantitative estimate of drug-likeness (QED) is 0.114. The zero-order valence-corrected chi connectivity index (χ0v) is 72.0. The van der Waals surface area contributed by atoms with E-state index in [9.17, 15) is 0 Å². The van der Waals surface area contributed by atoms with Gasteiger partial charge in [0.05, 0.1) is 39.8 Å². The van der Waals surface area contributed by atoms with Crippen LogP contribution in [0, 0.1) is 41.5 Å². The predicted octanol–water partition coefficient (Wildman–Crippen LogP) is 25.2. The maximum absolute atomic E-state index is 8.30. The van der Waals surface area contributed by atoms with E-state index in [-0.39, 0.29) is 13.4 Å². The summed E-state index contributed by atoms with van der Waals surface area (Å²) in [6, 6.07) is 140. The van der Waals surface area contributed by atoms with Crippen LogP contribution in [0.1, 0.15) is 33.4 Å². The molecule has 6 aliphatic heterocycles. The van der Waals surface area contributed by atoms with Gasteiger partial charge in [0.1, 0.15) is 11.5 Å². The number of nitrogens with one attached hydrogen (secondary N) is 1. The number of ether oxygens (including phenoxy) is 1. The van der Waals surface area contributed by atoms with Gasteiger partial charge >= 0.3 is 0 Å². The number of hydrogen-bond donors (Lipinski definition) is 1. The van der Waals surface area contributed by atoms with E-state index in [4.69, 9.17) is 4.74 Å². The largest absolute Gasteiger partial charge is 0.458 e. The van der Waals surface area contributed by atoms with Gasteiger partial charge in [-0.25, -0.2) is 0 Å². The minimum atomic E-state index is -0.390. The van der Waals surface area contributed by atoms with Crippen molar-refractivity contribution in [1.29, 1.82) is 0 Å². The van der Waals surface area contributed by atoms with Crippen LogP contribution in [0.4, 0.5) is 131 Å². The maximum atomic E-state index is 8.30. The highest BCUT2D eigenvalue weighted by molar-refractivity contribution is 7.34. The smallest absolute Gasteiger partial charge is 0.264 e. The lowest BCUT2D eigenvalue weighted by molar-refractivity contribution is 0.488. The fourth-order valence-corrected chi connectivity index (χ4v) is 24.5. The first-order chi connectivity index (χ1) is 62.0. The molecule has 0 fully saturated rings. The van der Waals surface area contributed by atoms with Crippen LogP contribution in [0.5, 0.6) is 11.5 Å². The second kappa shape index (κ2) is 28.8. The molecule has 17 aromatic carbocycles. The van der Waals surface area contributed by atoms with Crippen LogP contribution in [-0.2, 0) is 0 Å². The summed E-state index contributed by atoms with van der Waals surface area (Å²) in [6.07, 6.45) is 0. The summed E-state index contributed by atoms with van der Waals surface area (Å²) in [7, 11) is 0. The van der Waals surface area contributed by atoms with Crippen molar-refractivity contribution in [2.45, 2.75) is 41.5 Å². The second-order valence-electron chi connectivity index (χ2n) is 34.3. The highest BCUT2D eigenvalue weighted by Crippen LogP contribution is 2.56. The van der Waals surface area contributed by atoms with Crippen LogP contribution in [0.3, 0.4) is 0 Å². The first kappa shape index (κ1) is 73.7. The van der Waals surface area contributed by atoms with Gasteiger partial charge in [-0.2, -0.15) is 0 Å². The lowest BCUT2D eigenvalue weighted by Crippen LogP contribution is -2.65. The van der Waals surface area contributed by atoms with Crippen LogP contribution in [0.15, 0.2) is 376 Å². The van der Waals surface area contributed by atoms with E-state index in [1.807, 2.05) is 22.7 Å². The first-order valence-electron chi connectivity index (χ1n) is 43.5. The maximum Gasteiger partial charge on any atom is 0.264 e. The molecular weight excluding hydrogens is 1570 g/mol. The number of rotatable bonds is 13. The average molecular weight is 1650 g/mol. The SMILES string of the molecule is Cc1cc(C)c(N2c3cc4c(cc3B3c5cc6c(cc5Oc5cc(N(c7ccccc7)c7ccccc7)cc2c53)N(c2c(C)cc(C)cc2C)c2cc(N(c3ccccc3)c3ccccc3)cc3c2B6c2sc5ccccc5c2N3c2ccccc2)B2c3sc5ccccc5c3N(c3ccccc3)c3cc(N(c5ccccc5)c5ccccc5)cc(c32)N4)c(C)c1. The van der Waals surface area contributed by atoms with E-state index in [1.165, 1.54) is 102 Å². The Hall–Kier alpha value is -14.9. The molecule has 126 heavy (non-hydrogen) atoms. The molecule has 0 saturated carbocycles. The van der Waals surface area contributed by atoms with Gasteiger partial charge in [0.15, 0.2) is 0 Å². The van der Waals surface area contributed by atoms with Crippen LogP contribution in [0.2, 0.25) is 0 Å². The molecule has 0 saturated heterocycles. The molecule has 0 amide bonds. The topological polar surface area (TPSA) is 43.9 Å². The second-order valence-corrected chi connectivity index (χ2v) is 36.5. The molecule has 19 aromatic rings. The molecule has 0 bridgehead atoms. The van der Waals surface area contributed by atoms with Gasteiger partial charge in [-0.3, -0.25) is 0 Å². The van der Waals surface area contributed by atoms with Crippen LogP contribution >= 0.6 is 22.7 Å². The monoisotopic (exact) mass is 1650 g/mol. The Morgan fingerprint density at radius 3 is 1.03 bits per heavy atom. The highest BCUT2D eigenvalue weighted by atomic mass is 32.1. The number of thiophene rings is 2. The molecule has 0 spiro atoms. The van der Waals surface area contributed by atoms with Crippen molar-refractivity contribution in [2.75, 3.05) is 39.6 Å². The minimum absolute atomic E-state index is 0.220. The van der Waals surface area contributed by atoms with Gasteiger partial charge in [-0.05, 0) is 248 Å². The summed E-state index contributed by atoms with van der Waals surface area (Å²) < 4.78 is 13.4. The number of nitrogens with zero attached hydrogens (tertiary/aromatic N) is 7. The molecule has 6 aliphatic rings.